The fraction of sp³-hybridized carbons (Fsp3) is 0.360. The van der Waals surface area contributed by atoms with E-state index in [-0.39, 0.29) is 35.1 Å². The van der Waals surface area contributed by atoms with Crippen LogP contribution >= 0.6 is 22.9 Å². The average molecular weight is 519 g/mol. The van der Waals surface area contributed by atoms with Gasteiger partial charge in [0.25, 0.3) is 5.91 Å². The topological polar surface area (TPSA) is 63.3 Å². The summed E-state index contributed by atoms with van der Waals surface area (Å²) in [5.41, 5.74) is 1.05. The van der Waals surface area contributed by atoms with Crippen LogP contribution in [0, 0.1) is 11.6 Å². The van der Waals surface area contributed by atoms with Crippen molar-refractivity contribution >= 4 is 39.7 Å². The van der Waals surface area contributed by atoms with Crippen LogP contribution in [0.4, 0.5) is 8.78 Å². The lowest BCUT2D eigenvalue weighted by atomic mass is 10.0. The van der Waals surface area contributed by atoms with Gasteiger partial charge in [0.2, 0.25) is 0 Å². The summed E-state index contributed by atoms with van der Waals surface area (Å²) in [6, 6.07) is 9.35. The summed E-state index contributed by atoms with van der Waals surface area (Å²) in [5.74, 6) is -1.21. The van der Waals surface area contributed by atoms with Crippen molar-refractivity contribution in [2.45, 2.75) is 45.3 Å². The van der Waals surface area contributed by atoms with Gasteiger partial charge in [0.1, 0.15) is 23.0 Å². The van der Waals surface area contributed by atoms with Crippen molar-refractivity contribution in [1.82, 2.24) is 19.9 Å². The Morgan fingerprint density at radius 1 is 1.23 bits per heavy atom. The molecule has 1 aliphatic rings. The number of nitrogens with one attached hydrogen (secondary N) is 1. The van der Waals surface area contributed by atoms with Crippen molar-refractivity contribution in [2.24, 2.45) is 0 Å². The second kappa shape index (κ2) is 9.72. The summed E-state index contributed by atoms with van der Waals surface area (Å²) in [5, 5.41) is 7.38. The average Bonchev–Trinajstić information content (AvgIpc) is 3.54. The molecule has 1 fully saturated rings. The lowest BCUT2D eigenvalue weighted by Gasteiger charge is -2.34. The predicted octanol–water partition coefficient (Wildman–Crippen LogP) is 5.94. The summed E-state index contributed by atoms with van der Waals surface area (Å²) in [7, 11) is 0. The molecule has 0 aliphatic carbocycles. The Morgan fingerprint density at radius 2 is 2.00 bits per heavy atom. The van der Waals surface area contributed by atoms with Crippen molar-refractivity contribution in [2.75, 3.05) is 13.1 Å². The molecule has 184 valence electrons. The maximum absolute atomic E-state index is 14.6. The zero-order valence-electron chi connectivity index (χ0n) is 19.4. The monoisotopic (exact) mass is 518 g/mol. The molecule has 10 heteroatoms. The SMILES string of the molecule is CC(C)N1CCC(NC(=O)c2cc3c(F)cc(F)cc3n2Cc2cc(-c3ccc(Cl)s3)on2)CC1. The molecular weight excluding hydrogens is 494 g/mol. The first kappa shape index (κ1) is 24.0. The normalized spacial score (nSPS) is 15.4. The summed E-state index contributed by atoms with van der Waals surface area (Å²) in [6.45, 7) is 6.24. The maximum atomic E-state index is 14.6. The lowest BCUT2D eigenvalue weighted by molar-refractivity contribution is 0.0892. The highest BCUT2D eigenvalue weighted by Gasteiger charge is 2.25. The molecular formula is C25H25ClF2N4O2S. The van der Waals surface area contributed by atoms with Crippen LogP contribution in [-0.2, 0) is 6.54 Å². The second-order valence-corrected chi connectivity index (χ2v) is 10.8. The Hall–Kier alpha value is -2.75. The molecule has 1 amide bonds. The molecule has 0 spiro atoms. The fourth-order valence-electron chi connectivity index (χ4n) is 4.57. The van der Waals surface area contributed by atoms with Crippen LogP contribution in [-0.4, -0.2) is 45.7 Å². The summed E-state index contributed by atoms with van der Waals surface area (Å²) < 4.78 is 36.4. The standard InChI is InChI=1S/C25H25ClF2N4O2S/c1-14(2)31-7-5-16(6-8-31)29-25(33)21-12-18-19(28)9-15(27)10-20(18)32(21)13-17-11-22(34-30-17)23-3-4-24(26)35-23/h3-4,9-12,14,16H,5-8,13H2,1-2H3,(H,29,33). The van der Waals surface area contributed by atoms with Crippen LogP contribution in [0.2, 0.25) is 4.34 Å². The van der Waals surface area contributed by atoms with Gasteiger partial charge in [-0.1, -0.05) is 16.8 Å². The first-order chi connectivity index (χ1) is 16.8. The molecule has 1 aromatic carbocycles. The molecule has 35 heavy (non-hydrogen) atoms. The number of carbonyl (C=O) groups is 1. The molecule has 0 radical (unpaired) electrons. The smallest absolute Gasteiger partial charge is 0.268 e. The second-order valence-electron chi connectivity index (χ2n) is 9.10. The largest absolute Gasteiger partial charge is 0.355 e. The zero-order chi connectivity index (χ0) is 24.7. The number of hydrogen-bond acceptors (Lipinski definition) is 5. The van der Waals surface area contributed by atoms with Gasteiger partial charge in [-0.15, -0.1) is 11.3 Å². The third-order valence-corrected chi connectivity index (χ3v) is 7.70. The van der Waals surface area contributed by atoms with Crippen molar-refractivity contribution < 1.29 is 18.1 Å². The number of amides is 1. The molecule has 1 N–H and O–H groups in total. The minimum absolute atomic E-state index is 0.0211. The van der Waals surface area contributed by atoms with E-state index in [9.17, 15) is 13.6 Å². The van der Waals surface area contributed by atoms with Gasteiger partial charge >= 0.3 is 0 Å². The van der Waals surface area contributed by atoms with Crippen LogP contribution in [0.1, 0.15) is 42.9 Å². The Labute approximate surface area is 210 Å². The number of nitrogens with zero attached hydrogens (tertiary/aromatic N) is 3. The van der Waals surface area contributed by atoms with E-state index < -0.39 is 11.6 Å². The number of carbonyl (C=O) groups excluding carboxylic acids is 1. The van der Waals surface area contributed by atoms with E-state index in [0.29, 0.717) is 21.8 Å². The van der Waals surface area contributed by atoms with Gasteiger partial charge in [-0.25, -0.2) is 8.78 Å². The van der Waals surface area contributed by atoms with Gasteiger partial charge in [-0.3, -0.25) is 4.79 Å². The molecule has 3 aromatic heterocycles. The van der Waals surface area contributed by atoms with Gasteiger partial charge in [-0.2, -0.15) is 0 Å². The van der Waals surface area contributed by atoms with E-state index in [1.54, 1.807) is 16.7 Å². The quantitative estimate of drug-likeness (QED) is 0.343. The number of halogens is 3. The van der Waals surface area contributed by atoms with E-state index in [0.717, 1.165) is 36.9 Å². The Morgan fingerprint density at radius 3 is 2.69 bits per heavy atom. The van der Waals surface area contributed by atoms with Gasteiger partial charge in [0, 0.05) is 42.7 Å². The molecule has 1 saturated heterocycles. The third-order valence-electron chi connectivity index (χ3n) is 6.46. The molecule has 0 bridgehead atoms. The van der Waals surface area contributed by atoms with E-state index in [2.05, 4.69) is 29.2 Å². The number of likely N-dealkylation sites (tertiary alicyclic amines) is 1. The molecule has 4 aromatic rings. The first-order valence-corrected chi connectivity index (χ1v) is 12.7. The number of rotatable bonds is 6. The Bertz CT molecular complexity index is 1370. The number of aromatic nitrogens is 2. The summed E-state index contributed by atoms with van der Waals surface area (Å²) in [4.78, 5) is 16.5. The highest BCUT2D eigenvalue weighted by atomic mass is 35.5. The number of fused-ring (bicyclic) bond motifs is 1. The lowest BCUT2D eigenvalue weighted by Crippen LogP contribution is -2.46. The van der Waals surface area contributed by atoms with Crippen LogP contribution in [0.3, 0.4) is 0 Å². The molecule has 0 atom stereocenters. The number of thiophene rings is 1. The van der Waals surface area contributed by atoms with E-state index in [1.807, 2.05) is 6.07 Å². The van der Waals surface area contributed by atoms with Gasteiger partial charge in [0.05, 0.1) is 21.3 Å². The molecule has 6 nitrogen and oxygen atoms in total. The number of benzene rings is 1. The zero-order valence-corrected chi connectivity index (χ0v) is 20.9. The first-order valence-electron chi connectivity index (χ1n) is 11.5. The molecule has 5 rings (SSSR count). The minimum atomic E-state index is -0.716. The highest BCUT2D eigenvalue weighted by molar-refractivity contribution is 7.19. The highest BCUT2D eigenvalue weighted by Crippen LogP contribution is 2.32. The summed E-state index contributed by atoms with van der Waals surface area (Å²) >= 11 is 7.38. The predicted molar refractivity (Wildman–Crippen MR) is 133 cm³/mol. The Kier molecular flexibility index (Phi) is 6.65. The molecule has 0 saturated carbocycles. The van der Waals surface area contributed by atoms with Crippen LogP contribution in [0.25, 0.3) is 21.5 Å². The van der Waals surface area contributed by atoms with E-state index in [1.165, 1.54) is 23.5 Å². The van der Waals surface area contributed by atoms with Crippen molar-refractivity contribution in [3.8, 4) is 10.6 Å². The molecule has 0 unspecified atom stereocenters. The molecule has 1 aliphatic heterocycles. The van der Waals surface area contributed by atoms with Crippen LogP contribution in [0.15, 0.2) is 40.9 Å². The van der Waals surface area contributed by atoms with Crippen molar-refractivity contribution in [3.63, 3.8) is 0 Å². The fourth-order valence-corrected chi connectivity index (χ4v) is 5.56. The maximum Gasteiger partial charge on any atom is 0.268 e. The van der Waals surface area contributed by atoms with Crippen LogP contribution < -0.4 is 5.32 Å². The molecule has 4 heterocycles. The number of hydrogen-bond donors (Lipinski definition) is 1. The summed E-state index contributed by atoms with van der Waals surface area (Å²) in [6.07, 6.45) is 1.67. The van der Waals surface area contributed by atoms with Gasteiger partial charge < -0.3 is 19.3 Å². The van der Waals surface area contributed by atoms with Gasteiger partial charge in [-0.05, 0) is 51.0 Å². The van der Waals surface area contributed by atoms with E-state index in [4.69, 9.17) is 16.1 Å². The third kappa shape index (κ3) is 4.98. The Balaban J connectivity index is 1.44. The van der Waals surface area contributed by atoms with Gasteiger partial charge in [0.15, 0.2) is 5.76 Å². The van der Waals surface area contributed by atoms with Crippen LogP contribution in [0.5, 0.6) is 0 Å². The van der Waals surface area contributed by atoms with Crippen molar-refractivity contribution in [1.29, 1.82) is 0 Å². The van der Waals surface area contributed by atoms with Crippen molar-refractivity contribution in [3.05, 3.63) is 63.8 Å². The number of piperidine rings is 1. The minimum Gasteiger partial charge on any atom is -0.355 e. The van der Waals surface area contributed by atoms with E-state index >= 15 is 0 Å².